The Bertz CT molecular complexity index is 1300. The highest BCUT2D eigenvalue weighted by Gasteiger charge is 2.33. The van der Waals surface area contributed by atoms with Gasteiger partial charge in [0.2, 0.25) is 5.91 Å². The molecule has 0 aliphatic heterocycles. The number of aliphatic hydroxyl groups excluding tert-OH is 1. The van der Waals surface area contributed by atoms with Crippen molar-refractivity contribution in [3.63, 3.8) is 0 Å². The van der Waals surface area contributed by atoms with E-state index in [0.29, 0.717) is 29.0 Å². The predicted octanol–water partition coefficient (Wildman–Crippen LogP) is 4.26. The van der Waals surface area contributed by atoms with Crippen LogP contribution in [0.2, 0.25) is 0 Å². The molecule has 2 unspecified atom stereocenters. The van der Waals surface area contributed by atoms with Crippen molar-refractivity contribution in [3.8, 4) is 22.6 Å². The van der Waals surface area contributed by atoms with Crippen LogP contribution in [0.3, 0.4) is 0 Å². The van der Waals surface area contributed by atoms with E-state index >= 15 is 0 Å². The van der Waals surface area contributed by atoms with Crippen LogP contribution in [-0.2, 0) is 4.79 Å². The molecule has 4 aromatic rings. The topological polar surface area (TPSA) is 106 Å². The SMILES string of the molecule is CC(=O)N(C1CCCCC1O)n1cc(-c2ccc(Oc3ccccc3)cc2)c2c(N)ncnc21. The first-order valence-electron chi connectivity index (χ1n) is 11.5. The minimum Gasteiger partial charge on any atom is -0.457 e. The number of hydrogen-bond acceptors (Lipinski definition) is 6. The van der Waals surface area contributed by atoms with Crippen LogP contribution >= 0.6 is 0 Å². The van der Waals surface area contributed by atoms with Crippen LogP contribution in [0, 0.1) is 0 Å². The molecule has 0 saturated heterocycles. The second-order valence-electron chi connectivity index (χ2n) is 8.57. The van der Waals surface area contributed by atoms with E-state index < -0.39 is 6.10 Å². The number of carbonyl (C=O) groups excluding carboxylic acids is 1. The highest BCUT2D eigenvalue weighted by atomic mass is 16.5. The fourth-order valence-corrected chi connectivity index (χ4v) is 4.70. The monoisotopic (exact) mass is 457 g/mol. The Morgan fingerprint density at radius 1 is 1.06 bits per heavy atom. The molecule has 0 bridgehead atoms. The molecular weight excluding hydrogens is 430 g/mol. The lowest BCUT2D eigenvalue weighted by atomic mass is 9.92. The van der Waals surface area contributed by atoms with E-state index in [1.165, 1.54) is 13.3 Å². The van der Waals surface area contributed by atoms with Crippen molar-refractivity contribution in [3.05, 3.63) is 67.1 Å². The Balaban J connectivity index is 1.57. The highest BCUT2D eigenvalue weighted by molar-refractivity contribution is 6.02. The standard InChI is InChI=1S/C26H27N5O3/c1-17(32)31(22-9-5-6-10-23(22)33)30-15-21(24-25(27)28-16-29-26(24)30)18-11-13-20(14-12-18)34-19-7-3-2-4-8-19/h2-4,7-8,11-16,22-23,33H,5-6,9-10H2,1H3,(H2,27,28,29). The van der Waals surface area contributed by atoms with Crippen LogP contribution in [0.1, 0.15) is 32.6 Å². The maximum atomic E-state index is 12.8. The van der Waals surface area contributed by atoms with Crippen molar-refractivity contribution in [2.24, 2.45) is 0 Å². The van der Waals surface area contributed by atoms with Crippen molar-refractivity contribution in [1.82, 2.24) is 14.6 Å². The van der Waals surface area contributed by atoms with Gasteiger partial charge >= 0.3 is 0 Å². The Hall–Kier alpha value is -3.91. The van der Waals surface area contributed by atoms with Gasteiger partial charge in [0.25, 0.3) is 0 Å². The third-order valence-corrected chi connectivity index (χ3v) is 6.30. The number of benzene rings is 2. The molecule has 0 spiro atoms. The molecule has 1 aliphatic carbocycles. The number of rotatable bonds is 5. The zero-order chi connectivity index (χ0) is 23.7. The molecule has 2 heterocycles. The number of hydrogen-bond donors (Lipinski definition) is 2. The summed E-state index contributed by atoms with van der Waals surface area (Å²) in [5.41, 5.74) is 8.50. The Morgan fingerprint density at radius 2 is 1.76 bits per heavy atom. The number of anilines is 1. The minimum atomic E-state index is -0.591. The number of aliphatic hydroxyl groups is 1. The lowest BCUT2D eigenvalue weighted by Gasteiger charge is -2.37. The summed E-state index contributed by atoms with van der Waals surface area (Å²) in [6.45, 7) is 1.51. The fourth-order valence-electron chi connectivity index (χ4n) is 4.70. The first-order chi connectivity index (χ1) is 16.5. The summed E-state index contributed by atoms with van der Waals surface area (Å²) in [6.07, 6.45) is 5.95. The first-order valence-corrected chi connectivity index (χ1v) is 11.5. The van der Waals surface area contributed by atoms with Crippen LogP contribution in [0.4, 0.5) is 5.82 Å². The van der Waals surface area contributed by atoms with Crippen molar-refractivity contribution >= 4 is 22.8 Å². The molecule has 2 atom stereocenters. The van der Waals surface area contributed by atoms with E-state index in [1.807, 2.05) is 60.8 Å². The zero-order valence-electron chi connectivity index (χ0n) is 19.0. The fraction of sp³-hybridized carbons (Fsp3) is 0.269. The second kappa shape index (κ2) is 9.15. The van der Waals surface area contributed by atoms with Crippen LogP contribution in [0.15, 0.2) is 67.1 Å². The van der Waals surface area contributed by atoms with Gasteiger partial charge in [0.05, 0.1) is 17.5 Å². The largest absolute Gasteiger partial charge is 0.457 e. The molecule has 174 valence electrons. The first kappa shape index (κ1) is 21.9. The highest BCUT2D eigenvalue weighted by Crippen LogP contribution is 2.35. The summed E-state index contributed by atoms with van der Waals surface area (Å²) in [5.74, 6) is 1.63. The van der Waals surface area contributed by atoms with Gasteiger partial charge in [0.1, 0.15) is 23.6 Å². The van der Waals surface area contributed by atoms with Gasteiger partial charge in [-0.1, -0.05) is 43.2 Å². The smallest absolute Gasteiger partial charge is 0.238 e. The number of nitrogen functional groups attached to an aromatic ring is 1. The summed E-state index contributed by atoms with van der Waals surface area (Å²) in [7, 11) is 0. The number of amides is 1. The molecule has 3 N–H and O–H groups in total. The second-order valence-corrected chi connectivity index (χ2v) is 8.57. The number of nitrogens with zero attached hydrogens (tertiary/aromatic N) is 4. The molecule has 34 heavy (non-hydrogen) atoms. The number of aromatic nitrogens is 3. The van der Waals surface area contributed by atoms with Crippen LogP contribution in [-0.4, -0.2) is 37.8 Å². The molecule has 5 rings (SSSR count). The molecule has 1 fully saturated rings. The Labute approximate surface area is 197 Å². The molecule has 2 aromatic heterocycles. The third kappa shape index (κ3) is 4.08. The van der Waals surface area contributed by atoms with Gasteiger partial charge in [-0.25, -0.2) is 19.7 Å². The Morgan fingerprint density at radius 3 is 2.47 bits per heavy atom. The summed E-state index contributed by atoms with van der Waals surface area (Å²) in [6, 6.07) is 16.9. The molecule has 0 radical (unpaired) electrons. The van der Waals surface area contributed by atoms with Crippen molar-refractivity contribution < 1.29 is 14.6 Å². The molecule has 1 saturated carbocycles. The van der Waals surface area contributed by atoms with Gasteiger partial charge in [0.15, 0.2) is 5.65 Å². The predicted molar refractivity (Wildman–Crippen MR) is 131 cm³/mol. The average molecular weight is 458 g/mol. The minimum absolute atomic E-state index is 0.168. The van der Waals surface area contributed by atoms with Gasteiger partial charge in [0, 0.05) is 18.7 Å². The molecule has 1 aliphatic rings. The summed E-state index contributed by atoms with van der Waals surface area (Å²) in [4.78, 5) is 21.4. The number of para-hydroxylation sites is 1. The van der Waals surface area contributed by atoms with Gasteiger partial charge < -0.3 is 15.6 Å². The quantitative estimate of drug-likeness (QED) is 0.464. The summed E-state index contributed by atoms with van der Waals surface area (Å²) in [5, 5.41) is 12.9. The van der Waals surface area contributed by atoms with Crippen LogP contribution < -0.4 is 15.5 Å². The van der Waals surface area contributed by atoms with Crippen molar-refractivity contribution in [1.29, 1.82) is 0 Å². The maximum Gasteiger partial charge on any atom is 0.238 e. The van der Waals surface area contributed by atoms with Crippen molar-refractivity contribution in [2.45, 2.75) is 44.8 Å². The normalized spacial score (nSPS) is 18.1. The van der Waals surface area contributed by atoms with Crippen LogP contribution in [0.5, 0.6) is 11.5 Å². The molecule has 8 heteroatoms. The average Bonchev–Trinajstić information content (AvgIpc) is 3.22. The van der Waals surface area contributed by atoms with Gasteiger partial charge in [-0.15, -0.1) is 0 Å². The zero-order valence-corrected chi connectivity index (χ0v) is 19.0. The van der Waals surface area contributed by atoms with E-state index in [1.54, 1.807) is 9.69 Å². The van der Waals surface area contributed by atoms with Gasteiger partial charge in [-0.3, -0.25) is 4.79 Å². The van der Waals surface area contributed by atoms with Crippen LogP contribution in [0.25, 0.3) is 22.2 Å². The number of nitrogens with two attached hydrogens (primary N) is 1. The Kier molecular flexibility index (Phi) is 5.90. The molecule has 2 aromatic carbocycles. The third-order valence-electron chi connectivity index (χ3n) is 6.30. The molecule has 8 nitrogen and oxygen atoms in total. The lowest BCUT2D eigenvalue weighted by Crippen LogP contribution is -2.53. The number of fused-ring (bicyclic) bond motifs is 1. The molecule has 1 amide bonds. The van der Waals surface area contributed by atoms with E-state index in [4.69, 9.17) is 10.5 Å². The number of carbonyl (C=O) groups is 1. The van der Waals surface area contributed by atoms with Gasteiger partial charge in [-0.2, -0.15) is 0 Å². The summed E-state index contributed by atoms with van der Waals surface area (Å²) >= 11 is 0. The van der Waals surface area contributed by atoms with Crippen molar-refractivity contribution in [2.75, 3.05) is 10.7 Å². The number of ether oxygens (including phenoxy) is 1. The molecular formula is C26H27N5O3. The van der Waals surface area contributed by atoms with E-state index in [-0.39, 0.29) is 11.9 Å². The van der Waals surface area contributed by atoms with E-state index in [0.717, 1.165) is 36.1 Å². The van der Waals surface area contributed by atoms with E-state index in [2.05, 4.69) is 9.97 Å². The summed E-state index contributed by atoms with van der Waals surface area (Å²) < 4.78 is 7.63. The lowest BCUT2D eigenvalue weighted by molar-refractivity contribution is -0.119. The van der Waals surface area contributed by atoms with E-state index in [9.17, 15) is 9.90 Å². The van der Waals surface area contributed by atoms with Gasteiger partial charge in [-0.05, 0) is 42.7 Å². The maximum absolute atomic E-state index is 12.8.